The van der Waals surface area contributed by atoms with E-state index in [-0.39, 0.29) is 5.78 Å². The summed E-state index contributed by atoms with van der Waals surface area (Å²) in [6.07, 6.45) is 1.56. The summed E-state index contributed by atoms with van der Waals surface area (Å²) in [5.41, 5.74) is 0.815. The molecule has 1 heterocycles. The number of halogens is 1. The van der Waals surface area contributed by atoms with Crippen molar-refractivity contribution in [1.82, 2.24) is 4.98 Å². The van der Waals surface area contributed by atoms with E-state index in [4.69, 9.17) is 0 Å². The minimum absolute atomic E-state index is 0.103. The van der Waals surface area contributed by atoms with Crippen molar-refractivity contribution >= 4 is 5.78 Å². The highest BCUT2D eigenvalue weighted by atomic mass is 19.1. The Morgan fingerprint density at radius 2 is 2.50 bits per heavy atom. The van der Waals surface area contributed by atoms with Crippen LogP contribution in [0.2, 0.25) is 0 Å². The zero-order valence-corrected chi connectivity index (χ0v) is 5.65. The van der Waals surface area contributed by atoms with E-state index in [1.165, 1.54) is 6.92 Å². The highest BCUT2D eigenvalue weighted by molar-refractivity contribution is 5.95. The summed E-state index contributed by atoms with van der Waals surface area (Å²) >= 11 is 0. The molecule has 1 N–H and O–H groups in total. The van der Waals surface area contributed by atoms with Crippen LogP contribution in [-0.4, -0.2) is 10.8 Å². The largest absolute Gasteiger partial charge is 0.362 e. The molecule has 0 aromatic carbocycles. The van der Waals surface area contributed by atoms with Crippen molar-refractivity contribution < 1.29 is 9.18 Å². The predicted molar refractivity (Wildman–Crippen MR) is 35.6 cm³/mol. The average Bonchev–Trinajstić information content (AvgIpc) is 2.33. The fourth-order valence-corrected chi connectivity index (χ4v) is 0.844. The molecule has 0 radical (unpaired) electrons. The molecule has 3 heteroatoms. The summed E-state index contributed by atoms with van der Waals surface area (Å²) in [5.74, 6) is -0.103. The molecular weight excluding hydrogens is 133 g/mol. The fraction of sp³-hybridized carbons (Fsp3) is 0.286. The van der Waals surface area contributed by atoms with Crippen LogP contribution in [0.15, 0.2) is 12.3 Å². The van der Waals surface area contributed by atoms with Gasteiger partial charge in [-0.1, -0.05) is 0 Å². The third-order valence-corrected chi connectivity index (χ3v) is 1.35. The molecule has 0 fully saturated rings. The van der Waals surface area contributed by atoms with E-state index in [0.717, 1.165) is 0 Å². The molecule has 1 aromatic rings. The fourth-order valence-electron chi connectivity index (χ4n) is 0.844. The van der Waals surface area contributed by atoms with E-state index in [2.05, 4.69) is 4.98 Å². The first-order valence-electron chi connectivity index (χ1n) is 2.99. The minimum atomic E-state index is -0.609. The predicted octanol–water partition coefficient (Wildman–Crippen LogP) is 1.69. The van der Waals surface area contributed by atoms with Gasteiger partial charge in [0.15, 0.2) is 5.78 Å². The zero-order valence-electron chi connectivity index (χ0n) is 5.65. The third kappa shape index (κ3) is 1.07. The lowest BCUT2D eigenvalue weighted by Gasteiger charge is -1.91. The quantitative estimate of drug-likeness (QED) is 0.624. The van der Waals surface area contributed by atoms with Gasteiger partial charge >= 0.3 is 0 Å². The van der Waals surface area contributed by atoms with Gasteiger partial charge in [-0.25, -0.2) is 4.39 Å². The van der Waals surface area contributed by atoms with Crippen molar-refractivity contribution in [3.63, 3.8) is 0 Å². The molecule has 0 aliphatic rings. The van der Waals surface area contributed by atoms with E-state index in [0.29, 0.717) is 11.3 Å². The van der Waals surface area contributed by atoms with Crippen LogP contribution in [0.5, 0.6) is 0 Å². The first-order chi connectivity index (χ1) is 4.75. The number of aromatic nitrogens is 1. The zero-order chi connectivity index (χ0) is 7.56. The molecule has 1 rings (SSSR count). The molecule has 0 bridgehead atoms. The van der Waals surface area contributed by atoms with Crippen molar-refractivity contribution in [3.8, 4) is 0 Å². The second-order valence-electron chi connectivity index (χ2n) is 2.06. The number of H-pyrrole nitrogens is 1. The molecule has 0 spiro atoms. The monoisotopic (exact) mass is 141 g/mol. The van der Waals surface area contributed by atoms with Crippen LogP contribution in [-0.2, 0) is 6.67 Å². The van der Waals surface area contributed by atoms with Crippen LogP contribution < -0.4 is 0 Å². The Labute approximate surface area is 58.1 Å². The standard InChI is InChI=1S/C7H8FNO/c1-5(10)6-2-3-9-7(6)4-8/h2-3,9H,4H2,1H3. The summed E-state index contributed by atoms with van der Waals surface area (Å²) in [5, 5.41) is 0. The van der Waals surface area contributed by atoms with Crippen LogP contribution >= 0.6 is 0 Å². The van der Waals surface area contributed by atoms with Crippen molar-refractivity contribution in [3.05, 3.63) is 23.5 Å². The summed E-state index contributed by atoms with van der Waals surface area (Å²) in [4.78, 5) is 13.3. The van der Waals surface area contributed by atoms with E-state index >= 15 is 0 Å². The topological polar surface area (TPSA) is 32.9 Å². The number of hydrogen-bond donors (Lipinski definition) is 1. The number of nitrogens with one attached hydrogen (secondary N) is 1. The number of aromatic amines is 1. The van der Waals surface area contributed by atoms with Gasteiger partial charge in [0.25, 0.3) is 0 Å². The molecule has 0 amide bonds. The lowest BCUT2D eigenvalue weighted by Crippen LogP contribution is -1.94. The summed E-state index contributed by atoms with van der Waals surface area (Å²) in [6.45, 7) is 0.810. The highest BCUT2D eigenvalue weighted by Crippen LogP contribution is 2.07. The average molecular weight is 141 g/mol. The van der Waals surface area contributed by atoms with Crippen LogP contribution in [0.4, 0.5) is 4.39 Å². The maximum Gasteiger partial charge on any atom is 0.161 e. The van der Waals surface area contributed by atoms with Gasteiger partial charge in [0.05, 0.1) is 5.69 Å². The van der Waals surface area contributed by atoms with Gasteiger partial charge in [0.1, 0.15) is 6.67 Å². The molecule has 0 saturated carbocycles. The lowest BCUT2D eigenvalue weighted by molar-refractivity contribution is 0.101. The summed E-state index contributed by atoms with van der Waals surface area (Å²) < 4.78 is 12.0. The maximum atomic E-state index is 12.0. The van der Waals surface area contributed by atoms with Crippen LogP contribution in [0, 0.1) is 0 Å². The second-order valence-corrected chi connectivity index (χ2v) is 2.06. The molecule has 0 aliphatic heterocycles. The van der Waals surface area contributed by atoms with Gasteiger partial charge < -0.3 is 4.98 Å². The van der Waals surface area contributed by atoms with Gasteiger partial charge in [0, 0.05) is 11.8 Å². The summed E-state index contributed by atoms with van der Waals surface area (Å²) in [7, 11) is 0. The highest BCUT2D eigenvalue weighted by Gasteiger charge is 2.06. The van der Waals surface area contributed by atoms with Gasteiger partial charge in [-0.15, -0.1) is 0 Å². The van der Waals surface area contributed by atoms with E-state index in [1.54, 1.807) is 12.3 Å². The number of ketones is 1. The first kappa shape index (κ1) is 6.99. The number of Topliss-reactive ketones (excluding diaryl/α,β-unsaturated/α-hetero) is 1. The molecule has 0 unspecified atom stereocenters. The number of hydrogen-bond acceptors (Lipinski definition) is 1. The minimum Gasteiger partial charge on any atom is -0.362 e. The van der Waals surface area contributed by atoms with Crippen LogP contribution in [0.3, 0.4) is 0 Å². The Morgan fingerprint density at radius 1 is 1.80 bits per heavy atom. The molecule has 10 heavy (non-hydrogen) atoms. The van der Waals surface area contributed by atoms with Gasteiger partial charge in [-0.2, -0.15) is 0 Å². The molecule has 0 aliphatic carbocycles. The number of carbonyl (C=O) groups excluding carboxylic acids is 1. The first-order valence-corrected chi connectivity index (χ1v) is 2.99. The van der Waals surface area contributed by atoms with Crippen LogP contribution in [0.1, 0.15) is 23.0 Å². The normalized spacial score (nSPS) is 9.80. The van der Waals surface area contributed by atoms with Crippen molar-refractivity contribution in [2.24, 2.45) is 0 Å². The van der Waals surface area contributed by atoms with Gasteiger partial charge in [-0.05, 0) is 13.0 Å². The number of alkyl halides is 1. The maximum absolute atomic E-state index is 12.0. The lowest BCUT2D eigenvalue weighted by atomic mass is 10.2. The van der Waals surface area contributed by atoms with Crippen molar-refractivity contribution in [2.75, 3.05) is 0 Å². The second kappa shape index (κ2) is 2.64. The smallest absolute Gasteiger partial charge is 0.161 e. The Kier molecular flexibility index (Phi) is 1.85. The van der Waals surface area contributed by atoms with Crippen molar-refractivity contribution in [2.45, 2.75) is 13.6 Å². The van der Waals surface area contributed by atoms with Gasteiger partial charge in [0.2, 0.25) is 0 Å². The van der Waals surface area contributed by atoms with E-state index in [1.807, 2.05) is 0 Å². The molecule has 0 saturated heterocycles. The molecule has 0 atom stereocenters. The molecule has 54 valence electrons. The Bertz CT molecular complexity index is 242. The van der Waals surface area contributed by atoms with Crippen molar-refractivity contribution in [1.29, 1.82) is 0 Å². The number of carbonyl (C=O) groups is 1. The number of rotatable bonds is 2. The molecule has 2 nitrogen and oxygen atoms in total. The SMILES string of the molecule is CC(=O)c1cc[nH]c1CF. The molecular formula is C7H8FNO. The Morgan fingerprint density at radius 3 is 2.90 bits per heavy atom. The summed E-state index contributed by atoms with van der Waals surface area (Å²) in [6, 6.07) is 1.58. The Hall–Kier alpha value is -1.12. The third-order valence-electron chi connectivity index (χ3n) is 1.35. The van der Waals surface area contributed by atoms with E-state index in [9.17, 15) is 9.18 Å². The Balaban J connectivity index is 3.01. The van der Waals surface area contributed by atoms with Gasteiger partial charge in [-0.3, -0.25) is 4.79 Å². The molecule has 1 aromatic heterocycles. The van der Waals surface area contributed by atoms with Crippen LogP contribution in [0.25, 0.3) is 0 Å². The van der Waals surface area contributed by atoms with E-state index < -0.39 is 6.67 Å².